The number of hydrogen-bond donors (Lipinski definition) is 4. The lowest BCUT2D eigenvalue weighted by atomic mass is 9.84. The van der Waals surface area contributed by atoms with Crippen molar-refractivity contribution in [3.05, 3.63) is 47.5 Å². The Morgan fingerprint density at radius 3 is 1.23 bits per heavy atom. The molecule has 0 spiro atoms. The highest BCUT2D eigenvalue weighted by Crippen LogP contribution is 2.35. The summed E-state index contributed by atoms with van der Waals surface area (Å²) in [6, 6.07) is 9.54. The fourth-order valence-corrected chi connectivity index (χ4v) is 4.37. The standard InChI is InChI=1S/C26H38O5/c1-5-7-19(17(3)21-9-23(27)13-24(28)10-21)15-31-16-20(8-6-2)18(4)22-11-25(29)14-26(30)12-22/h9-14,17-20,27-30H,5-8,15-16H2,1-4H3. The molecule has 4 atom stereocenters. The van der Waals surface area contributed by atoms with Crippen LogP contribution in [0, 0.1) is 11.8 Å². The molecule has 31 heavy (non-hydrogen) atoms. The molecule has 0 saturated heterocycles. The van der Waals surface area contributed by atoms with Crippen molar-refractivity contribution in [3.8, 4) is 23.0 Å². The van der Waals surface area contributed by atoms with Gasteiger partial charge in [-0.2, -0.15) is 0 Å². The van der Waals surface area contributed by atoms with Crippen LogP contribution in [0.25, 0.3) is 0 Å². The summed E-state index contributed by atoms with van der Waals surface area (Å²) < 4.78 is 6.22. The Labute approximate surface area is 186 Å². The molecule has 2 rings (SSSR count). The maximum atomic E-state index is 9.84. The lowest BCUT2D eigenvalue weighted by molar-refractivity contribution is 0.0536. The summed E-state index contributed by atoms with van der Waals surface area (Å²) in [7, 11) is 0. The van der Waals surface area contributed by atoms with Crippen LogP contribution < -0.4 is 0 Å². The fraction of sp³-hybridized carbons (Fsp3) is 0.538. The molecule has 0 aliphatic heterocycles. The monoisotopic (exact) mass is 430 g/mol. The van der Waals surface area contributed by atoms with Crippen molar-refractivity contribution in [1.29, 1.82) is 0 Å². The van der Waals surface area contributed by atoms with Crippen LogP contribution in [0.1, 0.15) is 76.3 Å². The summed E-state index contributed by atoms with van der Waals surface area (Å²) in [5.74, 6) is 1.12. The van der Waals surface area contributed by atoms with Gasteiger partial charge in [0.25, 0.3) is 0 Å². The number of aromatic hydroxyl groups is 4. The number of hydrogen-bond acceptors (Lipinski definition) is 5. The molecule has 0 fully saturated rings. The number of ether oxygens (including phenoxy) is 1. The molecule has 0 aromatic heterocycles. The number of phenols is 4. The summed E-state index contributed by atoms with van der Waals surface area (Å²) >= 11 is 0. The topological polar surface area (TPSA) is 90.2 Å². The number of phenolic OH excluding ortho intramolecular Hbond substituents is 4. The molecular weight excluding hydrogens is 392 g/mol. The normalized spacial score (nSPS) is 15.4. The molecule has 2 aromatic rings. The number of rotatable bonds is 12. The molecule has 172 valence electrons. The van der Waals surface area contributed by atoms with Crippen molar-refractivity contribution in [2.45, 2.75) is 65.2 Å². The third-order valence-electron chi connectivity index (χ3n) is 6.30. The van der Waals surface area contributed by atoms with Crippen molar-refractivity contribution in [2.24, 2.45) is 11.8 Å². The molecule has 4 unspecified atom stereocenters. The van der Waals surface area contributed by atoms with E-state index < -0.39 is 0 Å². The lowest BCUT2D eigenvalue weighted by Crippen LogP contribution is -2.22. The first-order valence-corrected chi connectivity index (χ1v) is 11.4. The molecule has 4 N–H and O–H groups in total. The van der Waals surface area contributed by atoms with Crippen LogP contribution in [0.5, 0.6) is 23.0 Å². The molecule has 0 aliphatic rings. The van der Waals surface area contributed by atoms with Gasteiger partial charge in [-0.1, -0.05) is 40.5 Å². The van der Waals surface area contributed by atoms with Crippen LogP contribution in [-0.2, 0) is 4.74 Å². The van der Waals surface area contributed by atoms with Crippen molar-refractivity contribution in [1.82, 2.24) is 0 Å². The lowest BCUT2D eigenvalue weighted by Gasteiger charge is -2.28. The largest absolute Gasteiger partial charge is 0.508 e. The van der Waals surface area contributed by atoms with Crippen LogP contribution in [0.2, 0.25) is 0 Å². The van der Waals surface area contributed by atoms with E-state index in [9.17, 15) is 20.4 Å². The van der Waals surface area contributed by atoms with E-state index in [1.165, 1.54) is 12.1 Å². The Kier molecular flexibility index (Phi) is 9.50. The van der Waals surface area contributed by atoms with Crippen LogP contribution in [0.4, 0.5) is 0 Å². The van der Waals surface area contributed by atoms with E-state index in [0.29, 0.717) is 13.2 Å². The minimum Gasteiger partial charge on any atom is -0.508 e. The first kappa shape index (κ1) is 24.9. The Balaban J connectivity index is 2.05. The van der Waals surface area contributed by atoms with Gasteiger partial charge in [0, 0.05) is 25.3 Å². The van der Waals surface area contributed by atoms with E-state index in [2.05, 4.69) is 27.7 Å². The zero-order valence-electron chi connectivity index (χ0n) is 19.2. The van der Waals surface area contributed by atoms with Gasteiger partial charge in [0.05, 0.1) is 0 Å². The zero-order chi connectivity index (χ0) is 23.0. The molecule has 0 amide bonds. The summed E-state index contributed by atoms with van der Waals surface area (Å²) in [5, 5.41) is 39.4. The molecule has 0 bridgehead atoms. The summed E-state index contributed by atoms with van der Waals surface area (Å²) in [6.07, 6.45) is 4.04. The van der Waals surface area contributed by atoms with Crippen LogP contribution in [0.15, 0.2) is 36.4 Å². The highest BCUT2D eigenvalue weighted by Gasteiger charge is 2.23. The second-order valence-corrected chi connectivity index (χ2v) is 8.78. The second kappa shape index (κ2) is 11.8. The van der Waals surface area contributed by atoms with E-state index in [1.807, 2.05) is 0 Å². The van der Waals surface area contributed by atoms with Gasteiger partial charge in [-0.25, -0.2) is 0 Å². The van der Waals surface area contributed by atoms with E-state index in [-0.39, 0.29) is 46.7 Å². The molecule has 0 aliphatic carbocycles. The third-order valence-corrected chi connectivity index (χ3v) is 6.30. The van der Waals surface area contributed by atoms with E-state index in [1.54, 1.807) is 24.3 Å². The predicted octanol–water partition coefficient (Wildman–Crippen LogP) is 6.27. The van der Waals surface area contributed by atoms with E-state index in [4.69, 9.17) is 4.74 Å². The SMILES string of the molecule is CCCC(COCC(CCC)C(C)c1cc(O)cc(O)c1)C(C)c1cc(O)cc(O)c1. The minimum absolute atomic E-state index is 0.0733. The smallest absolute Gasteiger partial charge is 0.119 e. The van der Waals surface area contributed by atoms with Crippen LogP contribution in [-0.4, -0.2) is 33.6 Å². The van der Waals surface area contributed by atoms with Gasteiger partial charge in [0.15, 0.2) is 0 Å². The van der Waals surface area contributed by atoms with Gasteiger partial charge >= 0.3 is 0 Å². The highest BCUT2D eigenvalue weighted by atomic mass is 16.5. The Morgan fingerprint density at radius 1 is 0.613 bits per heavy atom. The number of benzene rings is 2. The average Bonchev–Trinajstić information content (AvgIpc) is 2.70. The average molecular weight is 431 g/mol. The summed E-state index contributed by atoms with van der Waals surface area (Å²) in [5.41, 5.74) is 1.82. The van der Waals surface area contributed by atoms with Crippen molar-refractivity contribution in [2.75, 3.05) is 13.2 Å². The van der Waals surface area contributed by atoms with E-state index >= 15 is 0 Å². The van der Waals surface area contributed by atoms with Crippen molar-refractivity contribution in [3.63, 3.8) is 0 Å². The molecule has 5 nitrogen and oxygen atoms in total. The van der Waals surface area contributed by atoms with Gasteiger partial charge in [-0.3, -0.25) is 0 Å². The molecule has 2 aromatic carbocycles. The van der Waals surface area contributed by atoms with Crippen molar-refractivity contribution < 1.29 is 25.2 Å². The van der Waals surface area contributed by atoms with Gasteiger partial charge in [-0.05, 0) is 71.9 Å². The van der Waals surface area contributed by atoms with Crippen LogP contribution >= 0.6 is 0 Å². The highest BCUT2D eigenvalue weighted by molar-refractivity contribution is 5.39. The first-order valence-electron chi connectivity index (χ1n) is 11.4. The molecule has 0 radical (unpaired) electrons. The zero-order valence-corrected chi connectivity index (χ0v) is 19.2. The quantitative estimate of drug-likeness (QED) is 0.319. The van der Waals surface area contributed by atoms with Gasteiger partial charge in [-0.15, -0.1) is 0 Å². The Bertz CT molecular complexity index is 711. The fourth-order valence-electron chi connectivity index (χ4n) is 4.37. The molecule has 0 heterocycles. The van der Waals surface area contributed by atoms with Crippen LogP contribution in [0.3, 0.4) is 0 Å². The first-order chi connectivity index (χ1) is 14.7. The summed E-state index contributed by atoms with van der Waals surface area (Å²) in [4.78, 5) is 0. The maximum absolute atomic E-state index is 9.84. The summed E-state index contributed by atoms with van der Waals surface area (Å²) in [6.45, 7) is 9.72. The molecular formula is C26H38O5. The minimum atomic E-state index is 0.0733. The predicted molar refractivity (Wildman–Crippen MR) is 124 cm³/mol. The molecule has 0 saturated carbocycles. The third kappa shape index (κ3) is 7.35. The van der Waals surface area contributed by atoms with Gasteiger partial charge in [0.2, 0.25) is 0 Å². The Morgan fingerprint density at radius 2 is 0.935 bits per heavy atom. The molecule has 5 heteroatoms. The Hall–Kier alpha value is -2.40. The van der Waals surface area contributed by atoms with Crippen molar-refractivity contribution >= 4 is 0 Å². The van der Waals surface area contributed by atoms with E-state index in [0.717, 1.165) is 36.8 Å². The van der Waals surface area contributed by atoms with Gasteiger partial charge in [0.1, 0.15) is 23.0 Å². The van der Waals surface area contributed by atoms with Gasteiger partial charge < -0.3 is 25.2 Å². The second-order valence-electron chi connectivity index (χ2n) is 8.78. The maximum Gasteiger partial charge on any atom is 0.119 e.